The van der Waals surface area contributed by atoms with E-state index in [-0.39, 0.29) is 5.56 Å². The zero-order valence-corrected chi connectivity index (χ0v) is 13.4. The molecule has 0 aliphatic rings. The van der Waals surface area contributed by atoms with Gasteiger partial charge in [0, 0.05) is 22.5 Å². The first kappa shape index (κ1) is 16.1. The van der Waals surface area contributed by atoms with Crippen LogP contribution in [0.5, 0.6) is 0 Å². The van der Waals surface area contributed by atoms with Crippen LogP contribution in [-0.4, -0.2) is 16.5 Å². The first-order valence-corrected chi connectivity index (χ1v) is 8.22. The number of benzene rings is 1. The molecule has 0 spiro atoms. The van der Waals surface area contributed by atoms with Gasteiger partial charge in [-0.2, -0.15) is 0 Å². The molecular formula is C15H18ClN3OS. The van der Waals surface area contributed by atoms with Crippen LogP contribution < -0.4 is 10.9 Å². The molecule has 2 N–H and O–H groups in total. The second kappa shape index (κ2) is 8.22. The Morgan fingerprint density at radius 3 is 2.81 bits per heavy atom. The van der Waals surface area contributed by atoms with E-state index in [4.69, 9.17) is 11.6 Å². The van der Waals surface area contributed by atoms with E-state index in [0.717, 1.165) is 28.6 Å². The highest BCUT2D eigenvalue weighted by atomic mass is 35.5. The van der Waals surface area contributed by atoms with Crippen molar-refractivity contribution in [1.82, 2.24) is 15.3 Å². The van der Waals surface area contributed by atoms with E-state index < -0.39 is 0 Å². The molecule has 0 aliphatic heterocycles. The third kappa shape index (κ3) is 5.53. The average Bonchev–Trinajstić information content (AvgIpc) is 2.46. The molecule has 6 heteroatoms. The number of hydrogen-bond acceptors (Lipinski definition) is 4. The molecule has 4 nitrogen and oxygen atoms in total. The molecule has 1 aromatic carbocycles. The smallest absolute Gasteiger partial charge is 0.251 e. The van der Waals surface area contributed by atoms with E-state index in [9.17, 15) is 4.79 Å². The van der Waals surface area contributed by atoms with Gasteiger partial charge in [0.25, 0.3) is 5.56 Å². The molecule has 1 aromatic heterocycles. The number of nitrogens with zero attached hydrogens (tertiary/aromatic N) is 1. The molecule has 0 saturated carbocycles. The lowest BCUT2D eigenvalue weighted by atomic mass is 10.3. The second-order valence-electron chi connectivity index (χ2n) is 4.60. The van der Waals surface area contributed by atoms with Gasteiger partial charge in [-0.3, -0.25) is 4.79 Å². The van der Waals surface area contributed by atoms with Gasteiger partial charge in [0.2, 0.25) is 0 Å². The predicted octanol–water partition coefficient (Wildman–Crippen LogP) is 3.22. The highest BCUT2D eigenvalue weighted by Crippen LogP contribution is 2.22. The monoisotopic (exact) mass is 323 g/mol. The van der Waals surface area contributed by atoms with Crippen molar-refractivity contribution in [2.75, 3.05) is 6.54 Å². The maximum Gasteiger partial charge on any atom is 0.251 e. The van der Waals surface area contributed by atoms with E-state index in [2.05, 4.69) is 22.2 Å². The minimum atomic E-state index is -0.106. The number of aromatic amines is 1. The third-order valence-corrected chi connectivity index (χ3v) is 4.04. The van der Waals surface area contributed by atoms with Gasteiger partial charge < -0.3 is 10.3 Å². The quantitative estimate of drug-likeness (QED) is 0.607. The van der Waals surface area contributed by atoms with Crippen LogP contribution in [0.1, 0.15) is 24.9 Å². The summed E-state index contributed by atoms with van der Waals surface area (Å²) in [6.45, 7) is 3.64. The maximum absolute atomic E-state index is 11.6. The van der Waals surface area contributed by atoms with Crippen LogP contribution in [0.2, 0.25) is 5.02 Å². The molecule has 2 aromatic rings. The number of nitrogens with one attached hydrogen (secondary N) is 2. The van der Waals surface area contributed by atoms with Crippen molar-refractivity contribution in [3.05, 3.63) is 57.2 Å². The highest BCUT2D eigenvalue weighted by molar-refractivity contribution is 7.98. The van der Waals surface area contributed by atoms with Crippen molar-refractivity contribution >= 4 is 23.4 Å². The Hall–Kier alpha value is -1.30. The predicted molar refractivity (Wildman–Crippen MR) is 87.9 cm³/mol. The standard InChI is InChI=1S/C15H18ClN3OS/c1-2-7-17-9-12-8-15(20)19-14(18-12)10-21-13-5-3-11(16)4-6-13/h3-6,8,17H,2,7,9-10H2,1H3,(H,18,19,20). The SMILES string of the molecule is CCCNCc1cc(=O)[nH]c(CSc2ccc(Cl)cc2)n1. The fraction of sp³-hybridized carbons (Fsp3) is 0.333. The molecule has 112 valence electrons. The first-order valence-electron chi connectivity index (χ1n) is 6.85. The van der Waals surface area contributed by atoms with Gasteiger partial charge in [-0.05, 0) is 37.2 Å². The largest absolute Gasteiger partial charge is 0.311 e. The van der Waals surface area contributed by atoms with E-state index in [1.54, 1.807) is 17.8 Å². The molecule has 0 amide bonds. The number of rotatable bonds is 7. The van der Waals surface area contributed by atoms with Crippen molar-refractivity contribution in [1.29, 1.82) is 0 Å². The van der Waals surface area contributed by atoms with E-state index in [0.29, 0.717) is 18.1 Å². The number of aromatic nitrogens is 2. The molecule has 0 unspecified atom stereocenters. The third-order valence-electron chi connectivity index (χ3n) is 2.77. The molecule has 0 atom stereocenters. The summed E-state index contributed by atoms with van der Waals surface area (Å²) in [6, 6.07) is 9.16. The minimum absolute atomic E-state index is 0.106. The summed E-state index contributed by atoms with van der Waals surface area (Å²) in [5.74, 6) is 1.31. The van der Waals surface area contributed by atoms with Gasteiger partial charge in [-0.1, -0.05) is 18.5 Å². The van der Waals surface area contributed by atoms with E-state index in [1.165, 1.54) is 0 Å². The summed E-state index contributed by atoms with van der Waals surface area (Å²) in [7, 11) is 0. The zero-order valence-electron chi connectivity index (χ0n) is 11.9. The van der Waals surface area contributed by atoms with Gasteiger partial charge >= 0.3 is 0 Å². The molecule has 0 saturated heterocycles. The molecule has 0 radical (unpaired) electrons. The Kier molecular flexibility index (Phi) is 6.29. The van der Waals surface area contributed by atoms with Gasteiger partial charge in [0.15, 0.2) is 0 Å². The van der Waals surface area contributed by atoms with Crippen molar-refractivity contribution in [3.63, 3.8) is 0 Å². The summed E-state index contributed by atoms with van der Waals surface area (Å²) in [5, 5.41) is 3.97. The molecular weight excluding hydrogens is 306 g/mol. The van der Waals surface area contributed by atoms with Crippen LogP contribution in [-0.2, 0) is 12.3 Å². The number of halogens is 1. The lowest BCUT2D eigenvalue weighted by molar-refractivity contribution is 0.659. The summed E-state index contributed by atoms with van der Waals surface area (Å²) >= 11 is 7.47. The van der Waals surface area contributed by atoms with Gasteiger partial charge in [0.05, 0.1) is 11.4 Å². The average molecular weight is 324 g/mol. The lowest BCUT2D eigenvalue weighted by Crippen LogP contribution is -2.19. The van der Waals surface area contributed by atoms with Crippen LogP contribution in [0.15, 0.2) is 40.0 Å². The maximum atomic E-state index is 11.6. The van der Waals surface area contributed by atoms with Gasteiger partial charge in [-0.25, -0.2) is 4.98 Å². The Morgan fingerprint density at radius 2 is 2.10 bits per heavy atom. The Labute approximate surface area is 133 Å². The summed E-state index contributed by atoms with van der Waals surface area (Å²) in [6.07, 6.45) is 1.06. The van der Waals surface area contributed by atoms with Crippen molar-refractivity contribution in [3.8, 4) is 0 Å². The molecule has 1 heterocycles. The molecule has 0 fully saturated rings. The Bertz CT molecular complexity index is 628. The van der Waals surface area contributed by atoms with Crippen molar-refractivity contribution in [2.24, 2.45) is 0 Å². The number of thioether (sulfide) groups is 1. The summed E-state index contributed by atoms with van der Waals surface area (Å²) in [5.41, 5.74) is 0.670. The molecule has 0 aliphatic carbocycles. The van der Waals surface area contributed by atoms with Crippen LogP contribution in [0.4, 0.5) is 0 Å². The Morgan fingerprint density at radius 1 is 1.33 bits per heavy atom. The highest BCUT2D eigenvalue weighted by Gasteiger charge is 2.03. The van der Waals surface area contributed by atoms with E-state index in [1.807, 2.05) is 24.3 Å². The topological polar surface area (TPSA) is 57.8 Å². The van der Waals surface area contributed by atoms with Crippen LogP contribution in [0.25, 0.3) is 0 Å². The fourth-order valence-corrected chi connectivity index (χ4v) is 2.69. The van der Waals surface area contributed by atoms with Crippen molar-refractivity contribution < 1.29 is 0 Å². The van der Waals surface area contributed by atoms with Crippen molar-refractivity contribution in [2.45, 2.75) is 30.5 Å². The number of hydrogen-bond donors (Lipinski definition) is 2. The van der Waals surface area contributed by atoms with Crippen LogP contribution in [0.3, 0.4) is 0 Å². The zero-order chi connectivity index (χ0) is 15.1. The molecule has 21 heavy (non-hydrogen) atoms. The first-order chi connectivity index (χ1) is 10.2. The minimum Gasteiger partial charge on any atom is -0.311 e. The lowest BCUT2D eigenvalue weighted by Gasteiger charge is -2.05. The Balaban J connectivity index is 1.99. The molecule has 0 bridgehead atoms. The van der Waals surface area contributed by atoms with Gasteiger partial charge in [-0.15, -0.1) is 11.8 Å². The number of H-pyrrole nitrogens is 1. The normalized spacial score (nSPS) is 10.8. The van der Waals surface area contributed by atoms with E-state index >= 15 is 0 Å². The summed E-state index contributed by atoms with van der Waals surface area (Å²) < 4.78 is 0. The fourth-order valence-electron chi connectivity index (χ4n) is 1.80. The molecule has 2 rings (SSSR count). The second-order valence-corrected chi connectivity index (χ2v) is 6.09. The van der Waals surface area contributed by atoms with Crippen LogP contribution >= 0.6 is 23.4 Å². The van der Waals surface area contributed by atoms with Gasteiger partial charge in [0.1, 0.15) is 5.82 Å². The summed E-state index contributed by atoms with van der Waals surface area (Å²) in [4.78, 5) is 20.0. The van der Waals surface area contributed by atoms with Crippen LogP contribution in [0, 0.1) is 0 Å².